The average molecular weight is 333 g/mol. The Morgan fingerprint density at radius 1 is 1.43 bits per heavy atom. The van der Waals surface area contributed by atoms with Crippen molar-refractivity contribution in [2.24, 2.45) is 11.1 Å². The molecule has 0 heterocycles. The number of halogens is 1. The standard InChI is InChI=1S/C14H21ClN2O3S/c1-14(4-3-5-14)9-17-21(18,19)12-7-11(15)6-10(8-16)13(12)20-2/h6-7,17H,3-5,8-9,16H2,1-2H3. The van der Waals surface area contributed by atoms with Crippen molar-refractivity contribution in [1.82, 2.24) is 4.72 Å². The van der Waals surface area contributed by atoms with Crippen molar-refractivity contribution in [3.8, 4) is 5.75 Å². The lowest BCUT2D eigenvalue weighted by atomic mass is 9.71. The number of methoxy groups -OCH3 is 1. The molecule has 1 saturated carbocycles. The molecule has 0 bridgehead atoms. The predicted octanol–water partition coefficient (Wildman–Crippen LogP) is 2.28. The summed E-state index contributed by atoms with van der Waals surface area (Å²) in [5.74, 6) is 0.258. The molecule has 2 rings (SSSR count). The first kappa shape index (κ1) is 16.5. The van der Waals surface area contributed by atoms with Crippen LogP contribution in [0.15, 0.2) is 17.0 Å². The van der Waals surface area contributed by atoms with Gasteiger partial charge in [0.2, 0.25) is 10.0 Å². The summed E-state index contributed by atoms with van der Waals surface area (Å²) in [6, 6.07) is 3.01. The lowest BCUT2D eigenvalue weighted by Crippen LogP contribution is -2.40. The van der Waals surface area contributed by atoms with E-state index in [-0.39, 0.29) is 22.6 Å². The van der Waals surface area contributed by atoms with Crippen LogP contribution in [0.1, 0.15) is 31.7 Å². The summed E-state index contributed by atoms with van der Waals surface area (Å²) in [6.45, 7) is 2.66. The number of hydrogen-bond acceptors (Lipinski definition) is 4. The summed E-state index contributed by atoms with van der Waals surface area (Å²) in [4.78, 5) is 0.0425. The number of nitrogens with one attached hydrogen (secondary N) is 1. The molecule has 21 heavy (non-hydrogen) atoms. The fraction of sp³-hybridized carbons (Fsp3) is 0.571. The van der Waals surface area contributed by atoms with Crippen LogP contribution in [0.3, 0.4) is 0 Å². The molecule has 7 heteroatoms. The van der Waals surface area contributed by atoms with Crippen LogP contribution >= 0.6 is 11.6 Å². The van der Waals surface area contributed by atoms with E-state index in [9.17, 15) is 8.42 Å². The lowest BCUT2D eigenvalue weighted by Gasteiger charge is -2.38. The first-order chi connectivity index (χ1) is 9.81. The van der Waals surface area contributed by atoms with Crippen molar-refractivity contribution in [2.45, 2.75) is 37.6 Å². The van der Waals surface area contributed by atoms with E-state index < -0.39 is 10.0 Å². The van der Waals surface area contributed by atoms with E-state index in [0.29, 0.717) is 17.1 Å². The zero-order chi connectivity index (χ0) is 15.7. The number of nitrogens with two attached hydrogens (primary N) is 1. The number of rotatable bonds is 6. The van der Waals surface area contributed by atoms with Gasteiger partial charge in [0.15, 0.2) is 0 Å². The highest BCUT2D eigenvalue weighted by Gasteiger charge is 2.33. The predicted molar refractivity (Wildman–Crippen MR) is 83.0 cm³/mol. The van der Waals surface area contributed by atoms with Gasteiger partial charge < -0.3 is 10.5 Å². The molecule has 0 atom stereocenters. The van der Waals surface area contributed by atoms with Crippen LogP contribution in [0, 0.1) is 5.41 Å². The summed E-state index contributed by atoms with van der Waals surface area (Å²) >= 11 is 5.99. The summed E-state index contributed by atoms with van der Waals surface area (Å²) in [6.07, 6.45) is 3.22. The molecule has 3 N–H and O–H groups in total. The average Bonchev–Trinajstić information content (AvgIpc) is 2.42. The van der Waals surface area contributed by atoms with Crippen LogP contribution in [-0.2, 0) is 16.6 Å². The maximum absolute atomic E-state index is 12.5. The minimum absolute atomic E-state index is 0.0425. The minimum atomic E-state index is -3.68. The monoisotopic (exact) mass is 332 g/mol. The minimum Gasteiger partial charge on any atom is -0.495 e. The molecule has 1 aliphatic carbocycles. The zero-order valence-corrected chi connectivity index (χ0v) is 13.9. The molecule has 1 aromatic rings. The van der Waals surface area contributed by atoms with Gasteiger partial charge in [0.05, 0.1) is 7.11 Å². The lowest BCUT2D eigenvalue weighted by molar-refractivity contribution is 0.166. The quantitative estimate of drug-likeness (QED) is 0.837. The second kappa shape index (κ2) is 6.12. The van der Waals surface area contributed by atoms with E-state index in [2.05, 4.69) is 11.6 Å². The van der Waals surface area contributed by atoms with E-state index in [4.69, 9.17) is 22.1 Å². The summed E-state index contributed by atoms with van der Waals surface area (Å²) in [5, 5.41) is 0.325. The van der Waals surface area contributed by atoms with Gasteiger partial charge in [-0.2, -0.15) is 0 Å². The Morgan fingerprint density at radius 2 is 2.10 bits per heavy atom. The highest BCUT2D eigenvalue weighted by atomic mass is 35.5. The van der Waals surface area contributed by atoms with Crippen LogP contribution in [0.5, 0.6) is 5.75 Å². The largest absolute Gasteiger partial charge is 0.495 e. The number of hydrogen-bond donors (Lipinski definition) is 2. The molecule has 1 aliphatic rings. The van der Waals surface area contributed by atoms with Crippen LogP contribution in [0.25, 0.3) is 0 Å². The second-order valence-electron chi connectivity index (χ2n) is 5.79. The van der Waals surface area contributed by atoms with Gasteiger partial charge in [-0.25, -0.2) is 13.1 Å². The maximum Gasteiger partial charge on any atom is 0.244 e. The zero-order valence-electron chi connectivity index (χ0n) is 12.3. The van der Waals surface area contributed by atoms with Gasteiger partial charge >= 0.3 is 0 Å². The van der Waals surface area contributed by atoms with Gasteiger partial charge in [-0.1, -0.05) is 24.9 Å². The molecular formula is C14H21ClN2O3S. The highest BCUT2D eigenvalue weighted by molar-refractivity contribution is 7.89. The topological polar surface area (TPSA) is 81.4 Å². The Kier molecular flexibility index (Phi) is 4.82. The van der Waals surface area contributed by atoms with E-state index in [1.165, 1.54) is 13.2 Å². The highest BCUT2D eigenvalue weighted by Crippen LogP contribution is 2.40. The van der Waals surface area contributed by atoms with Crippen molar-refractivity contribution in [3.05, 3.63) is 22.7 Å². The summed E-state index contributed by atoms with van der Waals surface area (Å²) in [5.41, 5.74) is 6.25. The van der Waals surface area contributed by atoms with Gasteiger partial charge in [0, 0.05) is 23.7 Å². The molecule has 0 aliphatic heterocycles. The SMILES string of the molecule is COc1c(CN)cc(Cl)cc1S(=O)(=O)NCC1(C)CCC1. The Hall–Kier alpha value is -0.820. The Balaban J connectivity index is 2.32. The van der Waals surface area contributed by atoms with Crippen molar-refractivity contribution in [1.29, 1.82) is 0 Å². The van der Waals surface area contributed by atoms with Gasteiger partial charge in [-0.05, 0) is 30.4 Å². The molecule has 0 unspecified atom stereocenters. The first-order valence-corrected chi connectivity index (χ1v) is 8.73. The third kappa shape index (κ3) is 3.51. The van der Waals surface area contributed by atoms with E-state index in [1.807, 2.05) is 0 Å². The van der Waals surface area contributed by atoms with Crippen molar-refractivity contribution in [2.75, 3.05) is 13.7 Å². The van der Waals surface area contributed by atoms with E-state index in [0.717, 1.165) is 19.3 Å². The van der Waals surface area contributed by atoms with Crippen LogP contribution < -0.4 is 15.2 Å². The Bertz CT molecular complexity index is 627. The Labute approximate surface area is 130 Å². The molecular weight excluding hydrogens is 312 g/mol. The molecule has 1 fully saturated rings. The maximum atomic E-state index is 12.5. The molecule has 118 valence electrons. The Morgan fingerprint density at radius 3 is 2.57 bits per heavy atom. The molecule has 5 nitrogen and oxygen atoms in total. The van der Waals surface area contributed by atoms with E-state index >= 15 is 0 Å². The van der Waals surface area contributed by atoms with Crippen LogP contribution in [0.2, 0.25) is 5.02 Å². The molecule has 1 aromatic carbocycles. The van der Waals surface area contributed by atoms with Gasteiger partial charge in [-0.3, -0.25) is 0 Å². The normalized spacial score (nSPS) is 17.3. The smallest absolute Gasteiger partial charge is 0.244 e. The molecule has 0 spiro atoms. The third-order valence-corrected chi connectivity index (χ3v) is 5.68. The van der Waals surface area contributed by atoms with E-state index in [1.54, 1.807) is 6.07 Å². The fourth-order valence-corrected chi connectivity index (χ4v) is 4.25. The van der Waals surface area contributed by atoms with Crippen LogP contribution in [-0.4, -0.2) is 22.1 Å². The van der Waals surface area contributed by atoms with Gasteiger partial charge in [-0.15, -0.1) is 0 Å². The molecule has 0 amide bonds. The number of sulfonamides is 1. The fourth-order valence-electron chi connectivity index (χ4n) is 2.51. The van der Waals surface area contributed by atoms with Gasteiger partial charge in [0.1, 0.15) is 10.6 Å². The number of ether oxygens (including phenoxy) is 1. The van der Waals surface area contributed by atoms with Crippen molar-refractivity contribution in [3.63, 3.8) is 0 Å². The molecule has 0 saturated heterocycles. The molecule has 0 aromatic heterocycles. The summed E-state index contributed by atoms with van der Waals surface area (Å²) in [7, 11) is -2.26. The second-order valence-corrected chi connectivity index (χ2v) is 7.96. The van der Waals surface area contributed by atoms with Crippen molar-refractivity contribution >= 4 is 21.6 Å². The van der Waals surface area contributed by atoms with Crippen molar-refractivity contribution < 1.29 is 13.2 Å². The number of benzene rings is 1. The van der Waals surface area contributed by atoms with Crippen LogP contribution in [0.4, 0.5) is 0 Å². The van der Waals surface area contributed by atoms with Gasteiger partial charge in [0.25, 0.3) is 0 Å². The summed E-state index contributed by atoms with van der Waals surface area (Å²) < 4.78 is 32.9. The third-order valence-electron chi connectivity index (χ3n) is 4.06. The first-order valence-electron chi connectivity index (χ1n) is 6.87. The molecule has 0 radical (unpaired) electrons.